The highest BCUT2D eigenvalue weighted by molar-refractivity contribution is 6.14. The fourth-order valence-corrected chi connectivity index (χ4v) is 2.84. The first-order valence-corrected chi connectivity index (χ1v) is 7.87. The number of Topliss-reactive ketones (excluding diaryl/α,β-unsaturated/α-hetero) is 1. The Morgan fingerprint density at radius 1 is 0.800 bits per heavy atom. The number of hydrogen-bond donors (Lipinski definition) is 2. The second-order valence-corrected chi connectivity index (χ2v) is 5.93. The van der Waals surface area contributed by atoms with Crippen LogP contribution in [-0.4, -0.2) is 16.0 Å². The monoisotopic (exact) mass is 342 g/mol. The number of phenols is 2. The third kappa shape index (κ3) is 3.76. The van der Waals surface area contributed by atoms with Crippen LogP contribution in [0.4, 0.5) is 8.78 Å². The van der Waals surface area contributed by atoms with Crippen LogP contribution in [0, 0.1) is 11.6 Å². The predicted molar refractivity (Wildman–Crippen MR) is 90.9 cm³/mol. The van der Waals surface area contributed by atoms with Gasteiger partial charge in [-0.3, -0.25) is 4.79 Å². The summed E-state index contributed by atoms with van der Waals surface area (Å²) in [6.45, 7) is 0. The summed E-state index contributed by atoms with van der Waals surface area (Å²) in [6.07, 6.45) is 4.47. The summed E-state index contributed by atoms with van der Waals surface area (Å²) >= 11 is 0. The Labute approximate surface area is 143 Å². The van der Waals surface area contributed by atoms with Crippen molar-refractivity contribution in [3.05, 3.63) is 70.3 Å². The van der Waals surface area contributed by atoms with Crippen LogP contribution in [0.2, 0.25) is 0 Å². The van der Waals surface area contributed by atoms with Crippen molar-refractivity contribution in [2.24, 2.45) is 0 Å². The molecule has 1 fully saturated rings. The third-order valence-corrected chi connectivity index (χ3v) is 4.09. The average molecular weight is 342 g/mol. The van der Waals surface area contributed by atoms with E-state index in [1.807, 2.05) is 0 Å². The zero-order valence-electron chi connectivity index (χ0n) is 13.3. The summed E-state index contributed by atoms with van der Waals surface area (Å²) in [7, 11) is 0. The van der Waals surface area contributed by atoms with E-state index in [0.29, 0.717) is 30.4 Å². The van der Waals surface area contributed by atoms with Crippen molar-refractivity contribution in [3.63, 3.8) is 0 Å². The Hall–Kier alpha value is -2.95. The van der Waals surface area contributed by atoms with Crippen molar-refractivity contribution < 1.29 is 23.8 Å². The molecule has 0 aliphatic heterocycles. The maximum absolute atomic E-state index is 13.8. The molecule has 0 radical (unpaired) electrons. The van der Waals surface area contributed by atoms with E-state index in [1.165, 1.54) is 36.4 Å². The van der Waals surface area contributed by atoms with Crippen molar-refractivity contribution in [1.29, 1.82) is 0 Å². The highest BCUT2D eigenvalue weighted by Gasteiger charge is 2.21. The van der Waals surface area contributed by atoms with E-state index in [2.05, 4.69) is 0 Å². The van der Waals surface area contributed by atoms with Gasteiger partial charge in [0, 0.05) is 22.3 Å². The van der Waals surface area contributed by atoms with Crippen molar-refractivity contribution in [2.45, 2.75) is 19.3 Å². The summed E-state index contributed by atoms with van der Waals surface area (Å²) in [4.78, 5) is 12.6. The Balaban J connectivity index is 1.96. The van der Waals surface area contributed by atoms with Crippen LogP contribution in [0.3, 0.4) is 0 Å². The highest BCUT2D eigenvalue weighted by atomic mass is 19.1. The van der Waals surface area contributed by atoms with Gasteiger partial charge in [0.05, 0.1) is 0 Å². The maximum Gasteiger partial charge on any atom is 0.185 e. The molecular weight excluding hydrogens is 326 g/mol. The molecule has 5 heteroatoms. The summed E-state index contributed by atoms with van der Waals surface area (Å²) in [5.74, 6) is -1.53. The van der Waals surface area contributed by atoms with Gasteiger partial charge < -0.3 is 10.2 Å². The van der Waals surface area contributed by atoms with Crippen LogP contribution < -0.4 is 0 Å². The number of hydrogen-bond acceptors (Lipinski definition) is 3. The summed E-state index contributed by atoms with van der Waals surface area (Å²) < 4.78 is 27.7. The van der Waals surface area contributed by atoms with Gasteiger partial charge in [0.15, 0.2) is 5.78 Å². The zero-order valence-corrected chi connectivity index (χ0v) is 13.3. The topological polar surface area (TPSA) is 57.5 Å². The number of aromatic hydroxyl groups is 2. The van der Waals surface area contributed by atoms with E-state index >= 15 is 0 Å². The average Bonchev–Trinajstić information content (AvgIpc) is 2.58. The molecule has 0 atom stereocenters. The second kappa shape index (κ2) is 6.89. The van der Waals surface area contributed by atoms with Crippen molar-refractivity contribution >= 4 is 17.9 Å². The van der Waals surface area contributed by atoms with E-state index in [0.717, 1.165) is 12.1 Å². The van der Waals surface area contributed by atoms with Crippen LogP contribution in [0.15, 0.2) is 47.5 Å². The first kappa shape index (κ1) is 16.9. The summed E-state index contributed by atoms with van der Waals surface area (Å²) in [5, 5.41) is 19.0. The highest BCUT2D eigenvalue weighted by Crippen LogP contribution is 2.30. The summed E-state index contributed by atoms with van der Waals surface area (Å²) in [5.41, 5.74) is 1.08. The van der Waals surface area contributed by atoms with Crippen LogP contribution in [0.1, 0.15) is 30.4 Å². The standard InChI is InChI=1S/C20H16F2O3/c21-18-6-4-16(23)10-14(18)8-12-2-1-3-13(20(12)25)9-15-11-17(24)5-7-19(15)22/h4-11,23-24H,1-3H2. The SMILES string of the molecule is O=C1C(=Cc2cc(O)ccc2F)CCCC1=Cc1cc(O)ccc1F. The van der Waals surface area contributed by atoms with Gasteiger partial charge in [-0.05, 0) is 67.8 Å². The minimum atomic E-state index is -0.534. The largest absolute Gasteiger partial charge is 0.508 e. The minimum Gasteiger partial charge on any atom is -0.508 e. The molecule has 0 aromatic heterocycles. The van der Waals surface area contributed by atoms with E-state index in [9.17, 15) is 23.8 Å². The third-order valence-electron chi connectivity index (χ3n) is 4.09. The molecule has 2 aromatic carbocycles. The minimum absolute atomic E-state index is 0.0888. The molecule has 128 valence electrons. The number of ketones is 1. The molecule has 0 unspecified atom stereocenters. The number of halogens is 2. The lowest BCUT2D eigenvalue weighted by atomic mass is 9.86. The first-order chi connectivity index (χ1) is 11.9. The normalized spacial score (nSPS) is 18.1. The number of rotatable bonds is 2. The van der Waals surface area contributed by atoms with E-state index < -0.39 is 11.6 Å². The van der Waals surface area contributed by atoms with Crippen LogP contribution >= 0.6 is 0 Å². The van der Waals surface area contributed by atoms with Gasteiger partial charge in [0.2, 0.25) is 0 Å². The number of carbonyl (C=O) groups is 1. The molecule has 25 heavy (non-hydrogen) atoms. The molecule has 0 bridgehead atoms. The van der Waals surface area contributed by atoms with Gasteiger partial charge in [-0.1, -0.05) is 0 Å². The molecule has 0 amide bonds. The first-order valence-electron chi connectivity index (χ1n) is 7.87. The molecule has 2 N–H and O–H groups in total. The lowest BCUT2D eigenvalue weighted by molar-refractivity contribution is -0.112. The van der Waals surface area contributed by atoms with Crippen LogP contribution in [0.25, 0.3) is 12.2 Å². The van der Waals surface area contributed by atoms with Crippen molar-refractivity contribution in [2.75, 3.05) is 0 Å². The quantitative estimate of drug-likeness (QED) is 0.785. The fraction of sp³-hybridized carbons (Fsp3) is 0.150. The lowest BCUT2D eigenvalue weighted by Crippen LogP contribution is -2.12. The van der Waals surface area contributed by atoms with E-state index in [1.54, 1.807) is 0 Å². The molecule has 0 heterocycles. The maximum atomic E-state index is 13.8. The molecule has 3 nitrogen and oxygen atoms in total. The van der Waals surface area contributed by atoms with E-state index in [4.69, 9.17) is 0 Å². The molecule has 2 aromatic rings. The molecule has 1 aliphatic carbocycles. The van der Waals surface area contributed by atoms with Gasteiger partial charge in [-0.2, -0.15) is 0 Å². The Morgan fingerprint density at radius 3 is 1.68 bits per heavy atom. The number of benzene rings is 2. The van der Waals surface area contributed by atoms with Gasteiger partial charge >= 0.3 is 0 Å². The number of allylic oxidation sites excluding steroid dienone is 2. The smallest absolute Gasteiger partial charge is 0.185 e. The molecule has 0 spiro atoms. The number of phenolic OH excluding ortho intramolecular Hbond substituents is 2. The second-order valence-electron chi connectivity index (χ2n) is 5.93. The lowest BCUT2D eigenvalue weighted by Gasteiger charge is -2.17. The Bertz CT molecular complexity index is 826. The van der Waals surface area contributed by atoms with Crippen LogP contribution in [-0.2, 0) is 4.79 Å². The zero-order chi connectivity index (χ0) is 18.0. The predicted octanol–water partition coefficient (Wildman–Crippen LogP) is 4.60. The number of carbonyl (C=O) groups excluding carboxylic acids is 1. The van der Waals surface area contributed by atoms with Gasteiger partial charge in [0.25, 0.3) is 0 Å². The van der Waals surface area contributed by atoms with Crippen molar-refractivity contribution in [1.82, 2.24) is 0 Å². The van der Waals surface area contributed by atoms with Crippen molar-refractivity contribution in [3.8, 4) is 11.5 Å². The molecular formula is C20H16F2O3. The molecule has 1 saturated carbocycles. The van der Waals surface area contributed by atoms with Gasteiger partial charge in [0.1, 0.15) is 23.1 Å². The van der Waals surface area contributed by atoms with Crippen LogP contribution in [0.5, 0.6) is 11.5 Å². The Morgan fingerprint density at radius 2 is 1.24 bits per heavy atom. The van der Waals surface area contributed by atoms with Gasteiger partial charge in [-0.15, -0.1) is 0 Å². The molecule has 0 saturated heterocycles. The summed E-state index contributed by atoms with van der Waals surface area (Å²) in [6, 6.07) is 7.23. The molecule has 3 rings (SSSR count). The van der Waals surface area contributed by atoms with E-state index in [-0.39, 0.29) is 28.4 Å². The Kier molecular flexibility index (Phi) is 4.65. The van der Waals surface area contributed by atoms with Gasteiger partial charge in [-0.25, -0.2) is 8.78 Å². The fourth-order valence-electron chi connectivity index (χ4n) is 2.84. The molecule has 1 aliphatic rings.